The van der Waals surface area contributed by atoms with Crippen LogP contribution in [0, 0.1) is 0 Å². The minimum atomic E-state index is -1.03. The maximum Gasteiger partial charge on any atom is 0.356 e. The molecule has 2 rings (SSSR count). The Morgan fingerprint density at radius 1 is 1.20 bits per heavy atom. The Bertz CT molecular complexity index is 558. The van der Waals surface area contributed by atoms with Gasteiger partial charge in [0.15, 0.2) is 5.69 Å². The monoisotopic (exact) mass is 272 g/mol. The molecule has 104 valence electrons. The van der Waals surface area contributed by atoms with Crippen LogP contribution in [-0.4, -0.2) is 29.2 Å². The maximum absolute atomic E-state index is 11.0. The van der Waals surface area contributed by atoms with Crippen molar-refractivity contribution in [2.75, 3.05) is 18.5 Å². The first-order valence-electron chi connectivity index (χ1n) is 6.37. The first-order valence-corrected chi connectivity index (χ1v) is 6.37. The summed E-state index contributed by atoms with van der Waals surface area (Å²) in [5.41, 5.74) is 0.566. The number of rotatable bonds is 7. The minimum absolute atomic E-state index is 0.0384. The van der Waals surface area contributed by atoms with Gasteiger partial charge in [-0.15, -0.1) is 0 Å². The van der Waals surface area contributed by atoms with Gasteiger partial charge in [0, 0.05) is 12.7 Å². The van der Waals surface area contributed by atoms with E-state index in [0.717, 1.165) is 12.2 Å². The number of para-hydroxylation sites is 1. The van der Waals surface area contributed by atoms with Gasteiger partial charge in [-0.3, -0.25) is 0 Å². The van der Waals surface area contributed by atoms with E-state index in [9.17, 15) is 4.79 Å². The number of benzene rings is 1. The number of aromatic nitrogens is 1. The van der Waals surface area contributed by atoms with Gasteiger partial charge in [-0.2, -0.15) is 0 Å². The number of carboxylic acids is 1. The summed E-state index contributed by atoms with van der Waals surface area (Å²) in [4.78, 5) is 14.8. The van der Waals surface area contributed by atoms with Crippen LogP contribution in [0.15, 0.2) is 48.7 Å². The number of pyridine rings is 1. The lowest BCUT2D eigenvalue weighted by Crippen LogP contribution is -2.11. The van der Waals surface area contributed by atoms with Crippen LogP contribution in [0.1, 0.15) is 16.9 Å². The highest BCUT2D eigenvalue weighted by Crippen LogP contribution is 2.12. The molecule has 0 spiro atoms. The Kier molecular flexibility index (Phi) is 4.94. The lowest BCUT2D eigenvalue weighted by Gasteiger charge is -2.09. The summed E-state index contributed by atoms with van der Waals surface area (Å²) in [6.07, 6.45) is 2.23. The van der Waals surface area contributed by atoms with E-state index in [1.54, 1.807) is 12.1 Å². The van der Waals surface area contributed by atoms with E-state index in [1.165, 1.54) is 6.20 Å². The Morgan fingerprint density at radius 3 is 2.75 bits per heavy atom. The molecule has 0 aliphatic heterocycles. The molecular formula is C15H16N2O3. The molecule has 2 aromatic rings. The number of ether oxygens (including phenoxy) is 1. The summed E-state index contributed by atoms with van der Waals surface area (Å²) >= 11 is 0. The second kappa shape index (κ2) is 7.13. The smallest absolute Gasteiger partial charge is 0.356 e. The molecule has 5 heteroatoms. The molecule has 20 heavy (non-hydrogen) atoms. The van der Waals surface area contributed by atoms with Gasteiger partial charge in [0.1, 0.15) is 5.75 Å². The number of nitrogens with zero attached hydrogens (tertiary/aromatic N) is 1. The topological polar surface area (TPSA) is 71.5 Å². The van der Waals surface area contributed by atoms with Crippen molar-refractivity contribution in [1.82, 2.24) is 4.98 Å². The zero-order valence-corrected chi connectivity index (χ0v) is 11.0. The molecule has 0 aliphatic rings. The Morgan fingerprint density at radius 2 is 2.00 bits per heavy atom. The average molecular weight is 272 g/mol. The number of aromatic carboxylic acids is 1. The molecule has 0 radical (unpaired) electrons. The van der Waals surface area contributed by atoms with Gasteiger partial charge in [0.05, 0.1) is 12.3 Å². The summed E-state index contributed by atoms with van der Waals surface area (Å²) in [7, 11) is 0. The van der Waals surface area contributed by atoms with Crippen LogP contribution in [0.25, 0.3) is 0 Å². The normalized spacial score (nSPS) is 10.0. The third-order valence-corrected chi connectivity index (χ3v) is 2.66. The first-order chi connectivity index (χ1) is 9.77. The van der Waals surface area contributed by atoms with Crippen LogP contribution in [0.3, 0.4) is 0 Å². The van der Waals surface area contributed by atoms with Gasteiger partial charge in [-0.1, -0.05) is 18.2 Å². The molecule has 0 atom stereocenters. The third-order valence-electron chi connectivity index (χ3n) is 2.66. The molecule has 0 amide bonds. The fraction of sp³-hybridized carbons (Fsp3) is 0.200. The lowest BCUT2D eigenvalue weighted by molar-refractivity contribution is 0.0691. The van der Waals surface area contributed by atoms with Crippen LogP contribution >= 0.6 is 0 Å². The fourth-order valence-electron chi connectivity index (χ4n) is 1.72. The minimum Gasteiger partial charge on any atom is -0.494 e. The lowest BCUT2D eigenvalue weighted by atomic mass is 10.3. The molecule has 0 aliphatic carbocycles. The van der Waals surface area contributed by atoms with E-state index < -0.39 is 5.97 Å². The SMILES string of the molecule is O=C(O)c1ncccc1NCCCOc1ccccc1. The summed E-state index contributed by atoms with van der Waals surface area (Å²) in [6, 6.07) is 13.0. The molecule has 0 saturated carbocycles. The van der Waals surface area contributed by atoms with Crippen molar-refractivity contribution in [3.63, 3.8) is 0 Å². The van der Waals surface area contributed by atoms with E-state index in [2.05, 4.69) is 10.3 Å². The van der Waals surface area contributed by atoms with Gasteiger partial charge < -0.3 is 15.2 Å². The molecule has 0 saturated heterocycles. The quantitative estimate of drug-likeness (QED) is 0.758. The summed E-state index contributed by atoms with van der Waals surface area (Å²) in [5.74, 6) is -0.200. The Hall–Kier alpha value is -2.56. The molecule has 0 unspecified atom stereocenters. The number of anilines is 1. The molecule has 2 N–H and O–H groups in total. The van der Waals surface area contributed by atoms with Crippen molar-refractivity contribution in [1.29, 1.82) is 0 Å². The number of carbonyl (C=O) groups is 1. The highest BCUT2D eigenvalue weighted by atomic mass is 16.5. The average Bonchev–Trinajstić information content (AvgIpc) is 2.48. The zero-order chi connectivity index (χ0) is 14.2. The third kappa shape index (κ3) is 3.98. The van der Waals surface area contributed by atoms with Crippen molar-refractivity contribution in [3.05, 3.63) is 54.4 Å². The van der Waals surface area contributed by atoms with E-state index in [4.69, 9.17) is 9.84 Å². The van der Waals surface area contributed by atoms with E-state index in [1.807, 2.05) is 30.3 Å². The van der Waals surface area contributed by atoms with Crippen molar-refractivity contribution < 1.29 is 14.6 Å². The summed E-state index contributed by atoms with van der Waals surface area (Å²) in [6.45, 7) is 1.19. The summed E-state index contributed by atoms with van der Waals surface area (Å²) in [5, 5.41) is 12.0. The molecule has 5 nitrogen and oxygen atoms in total. The van der Waals surface area contributed by atoms with Crippen LogP contribution in [-0.2, 0) is 0 Å². The predicted octanol–water partition coefficient (Wildman–Crippen LogP) is 2.66. The van der Waals surface area contributed by atoms with E-state index in [0.29, 0.717) is 18.8 Å². The van der Waals surface area contributed by atoms with Crippen LogP contribution in [0.5, 0.6) is 5.75 Å². The zero-order valence-electron chi connectivity index (χ0n) is 11.0. The number of nitrogens with one attached hydrogen (secondary N) is 1. The predicted molar refractivity (Wildman–Crippen MR) is 76.2 cm³/mol. The Balaban J connectivity index is 1.75. The van der Waals surface area contributed by atoms with Gasteiger partial charge in [-0.25, -0.2) is 9.78 Å². The highest BCUT2D eigenvalue weighted by Gasteiger charge is 2.09. The molecule has 1 aromatic heterocycles. The van der Waals surface area contributed by atoms with Gasteiger partial charge in [0.2, 0.25) is 0 Å². The summed E-state index contributed by atoms with van der Waals surface area (Å²) < 4.78 is 5.55. The number of hydrogen-bond donors (Lipinski definition) is 2. The molecular weight excluding hydrogens is 256 g/mol. The Labute approximate surface area is 117 Å². The van der Waals surface area contributed by atoms with Gasteiger partial charge >= 0.3 is 5.97 Å². The molecule has 1 aromatic carbocycles. The van der Waals surface area contributed by atoms with Gasteiger partial charge in [0.25, 0.3) is 0 Å². The van der Waals surface area contributed by atoms with Crippen molar-refractivity contribution in [2.24, 2.45) is 0 Å². The van der Waals surface area contributed by atoms with Crippen LogP contribution in [0.4, 0.5) is 5.69 Å². The maximum atomic E-state index is 11.0. The van der Waals surface area contributed by atoms with Crippen molar-refractivity contribution >= 4 is 11.7 Å². The van der Waals surface area contributed by atoms with E-state index in [-0.39, 0.29) is 5.69 Å². The molecule has 1 heterocycles. The highest BCUT2D eigenvalue weighted by molar-refractivity contribution is 5.91. The molecule has 0 fully saturated rings. The largest absolute Gasteiger partial charge is 0.494 e. The number of carboxylic acid groups (broad SMARTS) is 1. The second-order valence-corrected chi connectivity index (χ2v) is 4.15. The fourth-order valence-corrected chi connectivity index (χ4v) is 1.72. The first kappa shape index (κ1) is 13.9. The standard InChI is InChI=1S/C15H16N2O3/c18-15(19)14-13(8-4-9-17-14)16-10-5-11-20-12-6-2-1-3-7-12/h1-4,6-9,16H,5,10-11H2,(H,18,19). The van der Waals surface area contributed by atoms with E-state index >= 15 is 0 Å². The van der Waals surface area contributed by atoms with Crippen molar-refractivity contribution in [2.45, 2.75) is 6.42 Å². The molecule has 0 bridgehead atoms. The second-order valence-electron chi connectivity index (χ2n) is 4.15. The van der Waals surface area contributed by atoms with Crippen LogP contribution < -0.4 is 10.1 Å². The number of hydrogen-bond acceptors (Lipinski definition) is 4. The van der Waals surface area contributed by atoms with Crippen molar-refractivity contribution in [3.8, 4) is 5.75 Å². The van der Waals surface area contributed by atoms with Gasteiger partial charge in [-0.05, 0) is 30.7 Å². The van der Waals surface area contributed by atoms with Crippen LogP contribution in [0.2, 0.25) is 0 Å².